The maximum Gasteiger partial charge on any atom is 0.259 e. The minimum absolute atomic E-state index is 0.0104. The second-order valence-electron chi connectivity index (χ2n) is 21.9. The number of aromatic nitrogens is 4. The van der Waals surface area contributed by atoms with Crippen LogP contribution in [0, 0.1) is 22.8 Å². The van der Waals surface area contributed by atoms with Crippen LogP contribution in [0.15, 0.2) is 90.2 Å². The molecular formula is C56H79N8O7PSi2. The number of hydrogen-bond donors (Lipinski definition) is 0. The lowest BCUT2D eigenvalue weighted by Crippen LogP contribution is -2.50. The lowest BCUT2D eigenvalue weighted by molar-refractivity contribution is -0.0951. The highest BCUT2D eigenvalue weighted by Gasteiger charge is 2.55. The smallest absolute Gasteiger partial charge is 0.259 e. The van der Waals surface area contributed by atoms with Crippen molar-refractivity contribution < 1.29 is 32.4 Å². The van der Waals surface area contributed by atoms with E-state index in [1.54, 1.807) is 14.2 Å². The first-order valence-electron chi connectivity index (χ1n) is 25.5. The van der Waals surface area contributed by atoms with E-state index in [1.807, 2.05) is 97.3 Å². The molecule has 1 aliphatic heterocycles. The molecule has 398 valence electrons. The first kappa shape index (κ1) is 58.2. The van der Waals surface area contributed by atoms with Crippen LogP contribution in [0.5, 0.6) is 11.5 Å². The Morgan fingerprint density at radius 1 is 0.851 bits per heavy atom. The van der Waals surface area contributed by atoms with Crippen LogP contribution in [-0.2, 0) is 35.0 Å². The zero-order chi connectivity index (χ0) is 54.2. The van der Waals surface area contributed by atoms with Gasteiger partial charge in [-0.1, -0.05) is 95.0 Å². The third kappa shape index (κ3) is 13.5. The van der Waals surface area contributed by atoms with E-state index in [4.69, 9.17) is 52.5 Å². The number of amidine groups is 1. The lowest BCUT2D eigenvalue weighted by Gasteiger charge is -2.42. The number of hydrogen-bond acceptors (Lipinski definition) is 13. The van der Waals surface area contributed by atoms with Gasteiger partial charge in [-0.3, -0.25) is 0 Å². The van der Waals surface area contributed by atoms with Gasteiger partial charge in [0.2, 0.25) is 0 Å². The van der Waals surface area contributed by atoms with Gasteiger partial charge in [-0.2, -0.15) is 10.4 Å². The fourth-order valence-corrected chi connectivity index (χ4v) is 12.2. The van der Waals surface area contributed by atoms with Crippen LogP contribution < -0.4 is 9.47 Å². The van der Waals surface area contributed by atoms with E-state index in [2.05, 4.69) is 116 Å². The number of methoxy groups -OCH3 is 2. The number of ether oxygens (including phenoxy) is 4. The molecule has 18 heteroatoms. The molecule has 0 amide bonds. The lowest BCUT2D eigenvalue weighted by atomic mass is 9.80. The van der Waals surface area contributed by atoms with E-state index < -0.39 is 55.1 Å². The molecule has 6 rings (SSSR count). The first-order chi connectivity index (χ1) is 35.0. The summed E-state index contributed by atoms with van der Waals surface area (Å²) in [5.41, 5.74) is 6.17. The molecule has 3 aromatic carbocycles. The highest BCUT2D eigenvalue weighted by Crippen LogP contribution is 2.53. The molecule has 1 saturated heterocycles. The molecule has 0 aliphatic carbocycles. The standard InChI is InChI=1S/C56H79N8O7PSi2/c1-39(2)64(40(3)4)72(68-35-22-34-57)70-50-48(37-67-56(42-23-19-18-20-24-42,43-26-30-45(65-11)31-27-43)44-28-32-46(66-12)33-29-44)69-54(51(50)71-74(16,17)55(6,7)8)63-53-49(47(61-63)25-21-36-73(13,14)15)52(58-38-59-53)60-41(5)62(9)10/h18-20,23-24,26-33,38-40,48,50-51,54H,22,25,35,37H2,1-17H3/b60-41+/t48-,50-,51-,54-,72?/m1/s1. The van der Waals surface area contributed by atoms with Gasteiger partial charge in [0.15, 0.2) is 26.0 Å². The van der Waals surface area contributed by atoms with Gasteiger partial charge in [-0.05, 0) is 93.7 Å². The Morgan fingerprint density at radius 3 is 1.95 bits per heavy atom. The SMILES string of the molecule is COc1ccc(C(OC[C@H]2O[C@@H](n3nc(CC#C[Si](C)(C)C)c4c(/N=C(\C)N(C)C)ncnc43)[C@H](O[Si](C)(C)C(C)(C)C)[C@@H]2OP(OCCC#N)N(C(C)C)C(C)C)(c2ccccc2)c2ccc(OC)cc2)cc1. The average molecular weight is 1060 g/mol. The van der Waals surface area contributed by atoms with Gasteiger partial charge in [0.25, 0.3) is 8.53 Å². The predicted molar refractivity (Wildman–Crippen MR) is 301 cm³/mol. The van der Waals surface area contributed by atoms with Crippen molar-refractivity contribution in [2.75, 3.05) is 41.5 Å². The summed E-state index contributed by atoms with van der Waals surface area (Å²) < 4.78 is 52.5. The van der Waals surface area contributed by atoms with Crippen molar-refractivity contribution in [3.05, 3.63) is 108 Å². The van der Waals surface area contributed by atoms with Crippen LogP contribution in [0.3, 0.4) is 0 Å². The number of benzene rings is 3. The summed E-state index contributed by atoms with van der Waals surface area (Å²) in [5.74, 6) is 6.13. The van der Waals surface area contributed by atoms with E-state index in [-0.39, 0.29) is 36.8 Å². The molecule has 0 spiro atoms. The third-order valence-electron chi connectivity index (χ3n) is 13.5. The molecule has 1 aliphatic rings. The molecular weight excluding hydrogens is 984 g/mol. The summed E-state index contributed by atoms with van der Waals surface area (Å²) in [6.45, 7) is 28.4. The van der Waals surface area contributed by atoms with Gasteiger partial charge in [-0.15, -0.1) is 11.5 Å². The highest BCUT2D eigenvalue weighted by atomic mass is 31.2. The van der Waals surface area contributed by atoms with Crippen LogP contribution in [0.1, 0.15) is 90.4 Å². The van der Waals surface area contributed by atoms with E-state index in [0.717, 1.165) is 22.5 Å². The summed E-state index contributed by atoms with van der Waals surface area (Å²) >= 11 is 0. The molecule has 0 bridgehead atoms. The second kappa shape index (κ2) is 24.7. The molecule has 5 aromatic rings. The van der Waals surface area contributed by atoms with Crippen LogP contribution in [0.4, 0.5) is 5.82 Å². The topological polar surface area (TPSA) is 151 Å². The van der Waals surface area contributed by atoms with Crippen molar-refractivity contribution in [1.82, 2.24) is 29.3 Å². The number of fused-ring (bicyclic) bond motifs is 1. The zero-order valence-electron chi connectivity index (χ0n) is 46.8. The number of rotatable bonds is 21. The Hall–Kier alpha value is -5.05. The van der Waals surface area contributed by atoms with Crippen LogP contribution >= 0.6 is 8.53 Å². The minimum Gasteiger partial charge on any atom is -0.497 e. The Balaban J connectivity index is 1.65. The van der Waals surface area contributed by atoms with Crippen molar-refractivity contribution in [3.8, 4) is 29.0 Å². The second-order valence-corrected chi connectivity index (χ2v) is 32.8. The van der Waals surface area contributed by atoms with Gasteiger partial charge in [0.1, 0.15) is 55.6 Å². The molecule has 1 unspecified atom stereocenters. The van der Waals surface area contributed by atoms with Crippen LogP contribution in [0.2, 0.25) is 37.8 Å². The predicted octanol–water partition coefficient (Wildman–Crippen LogP) is 11.8. The van der Waals surface area contributed by atoms with Crippen LogP contribution in [0.25, 0.3) is 11.0 Å². The highest BCUT2D eigenvalue weighted by molar-refractivity contribution is 7.44. The van der Waals surface area contributed by atoms with Crippen molar-refractivity contribution in [1.29, 1.82) is 5.26 Å². The van der Waals surface area contributed by atoms with E-state index in [9.17, 15) is 5.26 Å². The summed E-state index contributed by atoms with van der Waals surface area (Å²) in [5, 5.41) is 15.6. The first-order valence-corrected chi connectivity index (χ1v) is 33.0. The monoisotopic (exact) mass is 1060 g/mol. The van der Waals surface area contributed by atoms with E-state index in [0.29, 0.717) is 40.5 Å². The number of nitriles is 1. The maximum atomic E-state index is 9.75. The van der Waals surface area contributed by atoms with Crippen molar-refractivity contribution in [2.24, 2.45) is 4.99 Å². The molecule has 1 fully saturated rings. The Kier molecular flexibility index (Phi) is 19.5. The number of aliphatic imine (C=N–C) groups is 1. The summed E-state index contributed by atoms with van der Waals surface area (Å²) in [4.78, 5) is 16.6. The average Bonchev–Trinajstić information content (AvgIpc) is 3.88. The molecule has 3 heterocycles. The molecule has 0 saturated carbocycles. The fourth-order valence-electron chi connectivity index (χ4n) is 8.55. The molecule has 74 heavy (non-hydrogen) atoms. The normalized spacial score (nSPS) is 18.2. The van der Waals surface area contributed by atoms with Crippen LogP contribution in [-0.4, -0.2) is 123 Å². The minimum atomic E-state index is -2.69. The largest absolute Gasteiger partial charge is 0.497 e. The Bertz CT molecular complexity index is 2710. The van der Waals surface area contributed by atoms with Gasteiger partial charge >= 0.3 is 0 Å². The molecule has 2 aromatic heterocycles. The van der Waals surface area contributed by atoms with Crippen molar-refractivity contribution >= 4 is 47.6 Å². The van der Waals surface area contributed by atoms with Gasteiger partial charge in [-0.25, -0.2) is 24.3 Å². The fraction of sp³-hybridized carbons (Fsp3) is 0.518. The van der Waals surface area contributed by atoms with Crippen molar-refractivity contribution in [3.63, 3.8) is 0 Å². The molecule has 15 nitrogen and oxygen atoms in total. The Labute approximate surface area is 444 Å². The quantitative estimate of drug-likeness (QED) is 0.0131. The molecule has 0 N–H and O–H groups in total. The van der Waals surface area contributed by atoms with E-state index in [1.165, 1.54) is 6.33 Å². The molecule has 5 atom stereocenters. The van der Waals surface area contributed by atoms with Gasteiger partial charge in [0.05, 0.1) is 57.4 Å². The number of nitrogens with zero attached hydrogens (tertiary/aromatic N) is 8. The maximum absolute atomic E-state index is 9.75. The summed E-state index contributed by atoms with van der Waals surface area (Å²) in [6.07, 6.45) is -1.24. The summed E-state index contributed by atoms with van der Waals surface area (Å²) in [6, 6.07) is 28.4. The summed E-state index contributed by atoms with van der Waals surface area (Å²) in [7, 11) is 0.943. The third-order valence-corrected chi connectivity index (χ3v) is 21.0. The zero-order valence-corrected chi connectivity index (χ0v) is 49.7. The molecule has 0 radical (unpaired) electrons. The van der Waals surface area contributed by atoms with E-state index >= 15 is 0 Å². The van der Waals surface area contributed by atoms with Gasteiger partial charge < -0.3 is 37.3 Å². The van der Waals surface area contributed by atoms with Crippen molar-refractivity contribution in [2.45, 2.75) is 148 Å². The Morgan fingerprint density at radius 2 is 1.43 bits per heavy atom. The van der Waals surface area contributed by atoms with Gasteiger partial charge in [0, 0.05) is 26.2 Å².